The van der Waals surface area contributed by atoms with Crippen LogP contribution in [0.3, 0.4) is 0 Å². The summed E-state index contributed by atoms with van der Waals surface area (Å²) >= 11 is 0. The Bertz CT molecular complexity index is 800. The molecule has 128 valence electrons. The number of nitro groups is 1. The number of non-ortho nitro benzene ring substituents is 1. The zero-order chi connectivity index (χ0) is 17.1. The van der Waals surface area contributed by atoms with Gasteiger partial charge in [-0.1, -0.05) is 0 Å². The number of β-amino-alcohol motifs (C(OH)–C–C–N with tert-alkyl or cyclic N) is 1. The van der Waals surface area contributed by atoms with E-state index in [2.05, 4.69) is 9.88 Å². The number of hydrogen-bond donors (Lipinski definition) is 1. The monoisotopic (exact) mass is 334 g/mol. The Labute approximate surface area is 137 Å². The lowest BCUT2D eigenvalue weighted by atomic mass is 10.2. The molecule has 1 aliphatic heterocycles. The van der Waals surface area contributed by atoms with Crippen LogP contribution >= 0.6 is 0 Å². The quantitative estimate of drug-likeness (QED) is 0.605. The van der Waals surface area contributed by atoms with E-state index in [-0.39, 0.29) is 17.6 Å². The minimum Gasteiger partial charge on any atom is -0.390 e. The third kappa shape index (κ3) is 3.58. The SMILES string of the molecule is O=c1c2cc([N+](=O)[O-])ccc2ncn1CC(O)CN1CCOCC1. The van der Waals surface area contributed by atoms with Crippen molar-refractivity contribution in [3.8, 4) is 0 Å². The normalized spacial score (nSPS) is 17.0. The Balaban J connectivity index is 1.79. The number of aromatic nitrogens is 2. The number of nitro benzene ring substituents is 1. The minimum atomic E-state index is -0.737. The van der Waals surface area contributed by atoms with Gasteiger partial charge in [0.1, 0.15) is 0 Å². The van der Waals surface area contributed by atoms with Crippen molar-refractivity contribution in [2.45, 2.75) is 12.6 Å². The fourth-order valence-corrected chi connectivity index (χ4v) is 2.76. The molecule has 24 heavy (non-hydrogen) atoms. The summed E-state index contributed by atoms with van der Waals surface area (Å²) in [5, 5.41) is 21.2. The number of rotatable bonds is 5. The van der Waals surface area contributed by atoms with Crippen LogP contribution in [0, 0.1) is 10.1 Å². The second-order valence-corrected chi connectivity index (χ2v) is 5.73. The summed E-state index contributed by atoms with van der Waals surface area (Å²) in [6.45, 7) is 3.27. The van der Waals surface area contributed by atoms with Crippen LogP contribution in [-0.4, -0.2) is 63.4 Å². The third-order valence-corrected chi connectivity index (χ3v) is 4.00. The lowest BCUT2D eigenvalue weighted by molar-refractivity contribution is -0.384. The number of nitrogens with zero attached hydrogens (tertiary/aromatic N) is 4. The summed E-state index contributed by atoms with van der Waals surface area (Å²) in [5.74, 6) is 0. The summed E-state index contributed by atoms with van der Waals surface area (Å²) in [6.07, 6.45) is 0.623. The third-order valence-electron chi connectivity index (χ3n) is 4.00. The van der Waals surface area contributed by atoms with Crippen molar-refractivity contribution >= 4 is 16.6 Å². The van der Waals surface area contributed by atoms with Gasteiger partial charge in [-0.25, -0.2) is 4.98 Å². The van der Waals surface area contributed by atoms with Gasteiger partial charge < -0.3 is 9.84 Å². The predicted octanol–water partition coefficient (Wildman–Crippen LogP) is -0.00220. The van der Waals surface area contributed by atoms with E-state index in [1.54, 1.807) is 0 Å². The summed E-state index contributed by atoms with van der Waals surface area (Å²) < 4.78 is 6.54. The maximum absolute atomic E-state index is 12.5. The van der Waals surface area contributed by atoms with Crippen LogP contribution < -0.4 is 5.56 Å². The molecule has 0 bridgehead atoms. The van der Waals surface area contributed by atoms with Gasteiger partial charge in [-0.2, -0.15) is 0 Å². The zero-order valence-electron chi connectivity index (χ0n) is 13.0. The molecule has 9 heteroatoms. The molecule has 0 spiro atoms. The number of hydrogen-bond acceptors (Lipinski definition) is 7. The van der Waals surface area contributed by atoms with Crippen molar-refractivity contribution in [3.05, 3.63) is 45.0 Å². The average molecular weight is 334 g/mol. The molecule has 1 saturated heterocycles. The van der Waals surface area contributed by atoms with Crippen LogP contribution in [0.2, 0.25) is 0 Å². The molecular weight excluding hydrogens is 316 g/mol. The first-order valence-electron chi connectivity index (χ1n) is 7.66. The Kier molecular flexibility index (Phi) is 4.84. The first-order chi connectivity index (χ1) is 11.5. The molecular formula is C15H18N4O5. The van der Waals surface area contributed by atoms with E-state index in [4.69, 9.17) is 4.74 Å². The Hall–Kier alpha value is -2.36. The molecule has 0 aliphatic carbocycles. The fraction of sp³-hybridized carbons (Fsp3) is 0.467. The Morgan fingerprint density at radius 3 is 2.79 bits per heavy atom. The number of fused-ring (bicyclic) bond motifs is 1. The minimum absolute atomic E-state index is 0.0851. The highest BCUT2D eigenvalue weighted by Gasteiger charge is 2.17. The molecule has 1 N–H and O–H groups in total. The molecule has 1 fully saturated rings. The van der Waals surface area contributed by atoms with Crippen molar-refractivity contribution < 1.29 is 14.8 Å². The average Bonchev–Trinajstić information content (AvgIpc) is 2.58. The van der Waals surface area contributed by atoms with Gasteiger partial charge in [0.15, 0.2) is 0 Å². The Morgan fingerprint density at radius 1 is 1.33 bits per heavy atom. The zero-order valence-corrected chi connectivity index (χ0v) is 13.0. The lowest BCUT2D eigenvalue weighted by Crippen LogP contribution is -2.42. The van der Waals surface area contributed by atoms with Gasteiger partial charge in [0.05, 0.1) is 48.0 Å². The van der Waals surface area contributed by atoms with Crippen molar-refractivity contribution in [1.82, 2.24) is 14.5 Å². The lowest BCUT2D eigenvalue weighted by Gasteiger charge is -2.28. The first kappa shape index (κ1) is 16.5. The smallest absolute Gasteiger partial charge is 0.270 e. The fourth-order valence-electron chi connectivity index (χ4n) is 2.76. The maximum Gasteiger partial charge on any atom is 0.270 e. The summed E-state index contributed by atoms with van der Waals surface area (Å²) in [7, 11) is 0. The van der Waals surface area contributed by atoms with Crippen molar-refractivity contribution in [1.29, 1.82) is 0 Å². The van der Waals surface area contributed by atoms with Crippen molar-refractivity contribution in [3.63, 3.8) is 0 Å². The first-order valence-corrected chi connectivity index (χ1v) is 7.66. The molecule has 0 saturated carbocycles. The molecule has 1 aromatic carbocycles. The van der Waals surface area contributed by atoms with Crippen LogP contribution in [0.1, 0.15) is 0 Å². The van der Waals surface area contributed by atoms with Gasteiger partial charge in [-0.3, -0.25) is 24.4 Å². The summed E-state index contributed by atoms with van der Waals surface area (Å²) in [5.41, 5.74) is -0.165. The summed E-state index contributed by atoms with van der Waals surface area (Å²) in [6, 6.07) is 3.98. The molecule has 0 radical (unpaired) electrons. The van der Waals surface area contributed by atoms with Gasteiger partial charge in [0.2, 0.25) is 0 Å². The molecule has 1 unspecified atom stereocenters. The molecule has 9 nitrogen and oxygen atoms in total. The highest BCUT2D eigenvalue weighted by atomic mass is 16.6. The van der Waals surface area contributed by atoms with Gasteiger partial charge in [-0.15, -0.1) is 0 Å². The molecule has 1 aliphatic rings. The molecule has 1 aromatic heterocycles. The highest BCUT2D eigenvalue weighted by Crippen LogP contribution is 2.16. The molecule has 1 atom stereocenters. The number of benzene rings is 1. The maximum atomic E-state index is 12.5. The van der Waals surface area contributed by atoms with Gasteiger partial charge >= 0.3 is 0 Å². The van der Waals surface area contributed by atoms with Crippen LogP contribution in [0.5, 0.6) is 0 Å². The van der Waals surface area contributed by atoms with E-state index < -0.39 is 16.6 Å². The standard InChI is InChI=1S/C15H18N4O5/c20-12(8-17-3-5-24-6-4-17)9-18-10-16-14-2-1-11(19(22)23)7-13(14)15(18)21/h1-2,7,10,12,20H,3-6,8-9H2. The Morgan fingerprint density at radius 2 is 2.08 bits per heavy atom. The van der Waals surface area contributed by atoms with Crippen molar-refractivity contribution in [2.24, 2.45) is 0 Å². The van der Waals surface area contributed by atoms with Crippen LogP contribution in [0.15, 0.2) is 29.3 Å². The molecule has 0 amide bonds. The highest BCUT2D eigenvalue weighted by molar-refractivity contribution is 5.79. The van der Waals surface area contributed by atoms with E-state index >= 15 is 0 Å². The molecule has 2 aromatic rings. The van der Waals surface area contributed by atoms with Gasteiger partial charge in [0.25, 0.3) is 11.2 Å². The van der Waals surface area contributed by atoms with Gasteiger partial charge in [-0.05, 0) is 6.07 Å². The van der Waals surface area contributed by atoms with Crippen LogP contribution in [0.25, 0.3) is 10.9 Å². The number of ether oxygens (including phenoxy) is 1. The van der Waals surface area contributed by atoms with Crippen molar-refractivity contribution in [2.75, 3.05) is 32.8 Å². The summed E-state index contributed by atoms with van der Waals surface area (Å²) in [4.78, 5) is 29.0. The van der Waals surface area contributed by atoms with E-state index in [1.165, 1.54) is 29.1 Å². The molecule has 2 heterocycles. The van der Waals surface area contributed by atoms with Crippen LogP contribution in [-0.2, 0) is 11.3 Å². The van der Waals surface area contributed by atoms with E-state index in [0.29, 0.717) is 25.3 Å². The largest absolute Gasteiger partial charge is 0.390 e. The second kappa shape index (κ2) is 7.04. The topological polar surface area (TPSA) is 111 Å². The second-order valence-electron chi connectivity index (χ2n) is 5.73. The number of aliphatic hydroxyl groups excluding tert-OH is 1. The predicted molar refractivity (Wildman–Crippen MR) is 85.9 cm³/mol. The van der Waals surface area contributed by atoms with E-state index in [1.807, 2.05) is 0 Å². The molecule has 3 rings (SSSR count). The van der Waals surface area contributed by atoms with E-state index in [9.17, 15) is 20.0 Å². The van der Waals surface area contributed by atoms with E-state index in [0.717, 1.165) is 13.1 Å². The number of aliphatic hydroxyl groups is 1. The van der Waals surface area contributed by atoms with Crippen LogP contribution in [0.4, 0.5) is 5.69 Å². The number of morpholine rings is 1. The van der Waals surface area contributed by atoms with Gasteiger partial charge in [0, 0.05) is 31.8 Å².